The van der Waals surface area contributed by atoms with E-state index < -0.39 is 0 Å². The van der Waals surface area contributed by atoms with Gasteiger partial charge in [-0.2, -0.15) is 5.10 Å². The van der Waals surface area contributed by atoms with Gasteiger partial charge in [0, 0.05) is 18.0 Å². The van der Waals surface area contributed by atoms with Crippen molar-refractivity contribution in [3.8, 4) is 5.75 Å². The highest BCUT2D eigenvalue weighted by atomic mass is 16.5. The number of rotatable bonds is 5. The van der Waals surface area contributed by atoms with Crippen molar-refractivity contribution in [1.82, 2.24) is 10.4 Å². The highest BCUT2D eigenvalue weighted by Gasteiger charge is 2.10. The third-order valence-corrected chi connectivity index (χ3v) is 2.50. The second-order valence-electron chi connectivity index (χ2n) is 3.91. The van der Waals surface area contributed by atoms with Gasteiger partial charge in [0.25, 0.3) is 5.91 Å². The van der Waals surface area contributed by atoms with Crippen molar-refractivity contribution in [1.29, 1.82) is 0 Å². The summed E-state index contributed by atoms with van der Waals surface area (Å²) in [6.07, 6.45) is 4.87. The Balaban J connectivity index is 2.04. The first-order valence-electron chi connectivity index (χ1n) is 6.26. The monoisotopic (exact) mass is 269 g/mol. The van der Waals surface area contributed by atoms with Crippen molar-refractivity contribution in [2.24, 2.45) is 5.10 Å². The minimum absolute atomic E-state index is 0.311. The van der Waals surface area contributed by atoms with E-state index in [9.17, 15) is 4.79 Å². The minimum Gasteiger partial charge on any atom is -0.493 e. The van der Waals surface area contributed by atoms with Gasteiger partial charge in [-0.15, -0.1) is 0 Å². The molecule has 1 heterocycles. The number of hydrogen-bond donors (Lipinski definition) is 1. The minimum atomic E-state index is -0.311. The van der Waals surface area contributed by atoms with Gasteiger partial charge in [0.2, 0.25) is 0 Å². The molecule has 1 N–H and O–H groups in total. The smallest absolute Gasteiger partial charge is 0.275 e. The lowest BCUT2D eigenvalue weighted by atomic mass is 10.2. The van der Waals surface area contributed by atoms with Crippen LogP contribution in [0.1, 0.15) is 22.8 Å². The molecule has 0 aliphatic heterocycles. The zero-order valence-corrected chi connectivity index (χ0v) is 11.1. The van der Waals surface area contributed by atoms with Gasteiger partial charge < -0.3 is 4.74 Å². The molecule has 0 saturated carbocycles. The van der Waals surface area contributed by atoms with Crippen molar-refractivity contribution in [3.63, 3.8) is 0 Å². The van der Waals surface area contributed by atoms with E-state index in [0.717, 1.165) is 5.56 Å². The number of ether oxygens (including phenoxy) is 1. The van der Waals surface area contributed by atoms with Crippen molar-refractivity contribution < 1.29 is 9.53 Å². The number of pyridine rings is 1. The molecule has 1 aromatic carbocycles. The first-order valence-corrected chi connectivity index (χ1v) is 6.26. The largest absolute Gasteiger partial charge is 0.493 e. The third kappa shape index (κ3) is 3.65. The topological polar surface area (TPSA) is 63.6 Å². The van der Waals surface area contributed by atoms with Crippen LogP contribution in [0.25, 0.3) is 0 Å². The van der Waals surface area contributed by atoms with Gasteiger partial charge in [0.1, 0.15) is 5.75 Å². The summed E-state index contributed by atoms with van der Waals surface area (Å²) in [5.74, 6) is 0.235. The number of nitrogens with zero attached hydrogens (tertiary/aromatic N) is 2. The van der Waals surface area contributed by atoms with Gasteiger partial charge >= 0.3 is 0 Å². The van der Waals surface area contributed by atoms with Crippen LogP contribution in [-0.4, -0.2) is 23.7 Å². The number of hydrazone groups is 1. The molecule has 0 saturated heterocycles. The van der Waals surface area contributed by atoms with E-state index in [2.05, 4.69) is 15.5 Å². The predicted octanol–water partition coefficient (Wildman–Crippen LogP) is 2.24. The first kappa shape index (κ1) is 13.7. The molecule has 20 heavy (non-hydrogen) atoms. The highest BCUT2D eigenvalue weighted by Crippen LogP contribution is 2.17. The van der Waals surface area contributed by atoms with Crippen molar-refractivity contribution in [3.05, 3.63) is 59.9 Å². The van der Waals surface area contributed by atoms with E-state index in [1.165, 1.54) is 6.21 Å². The predicted molar refractivity (Wildman–Crippen MR) is 76.9 cm³/mol. The maximum absolute atomic E-state index is 12.0. The molecule has 5 nitrogen and oxygen atoms in total. The van der Waals surface area contributed by atoms with E-state index in [1.54, 1.807) is 36.7 Å². The fourth-order valence-electron chi connectivity index (χ4n) is 1.61. The zero-order valence-electron chi connectivity index (χ0n) is 11.1. The maximum Gasteiger partial charge on any atom is 0.275 e. The SMILES string of the molecule is CCOc1ccccc1C(=O)N/N=C\c1cccnc1. The summed E-state index contributed by atoms with van der Waals surface area (Å²) in [5, 5.41) is 3.90. The van der Waals surface area contributed by atoms with Gasteiger partial charge in [-0.05, 0) is 25.1 Å². The molecule has 0 atom stereocenters. The fraction of sp³-hybridized carbons (Fsp3) is 0.133. The van der Waals surface area contributed by atoms with Crippen LogP contribution in [0.2, 0.25) is 0 Å². The summed E-state index contributed by atoms with van der Waals surface area (Å²) in [4.78, 5) is 16.0. The van der Waals surface area contributed by atoms with Crippen LogP contribution in [0.5, 0.6) is 5.75 Å². The van der Waals surface area contributed by atoms with Gasteiger partial charge in [0.05, 0.1) is 18.4 Å². The molecule has 0 spiro atoms. The number of carbonyl (C=O) groups excluding carboxylic acids is 1. The molecule has 2 aromatic rings. The van der Waals surface area contributed by atoms with Gasteiger partial charge in [0.15, 0.2) is 0 Å². The molecule has 102 valence electrons. The molecule has 2 rings (SSSR count). The third-order valence-electron chi connectivity index (χ3n) is 2.50. The molecule has 0 fully saturated rings. The van der Waals surface area contributed by atoms with Crippen LogP contribution in [0.15, 0.2) is 53.9 Å². The number of benzene rings is 1. The molecule has 5 heteroatoms. The quantitative estimate of drug-likeness (QED) is 0.669. The summed E-state index contributed by atoms with van der Waals surface area (Å²) in [5.41, 5.74) is 3.74. The van der Waals surface area contributed by atoms with Gasteiger partial charge in [-0.25, -0.2) is 5.43 Å². The van der Waals surface area contributed by atoms with E-state index in [4.69, 9.17) is 4.74 Å². The number of amides is 1. The van der Waals surface area contributed by atoms with Crippen LogP contribution in [0.3, 0.4) is 0 Å². The Labute approximate surface area is 117 Å². The molecule has 0 aliphatic rings. The summed E-state index contributed by atoms with van der Waals surface area (Å²) < 4.78 is 5.40. The van der Waals surface area contributed by atoms with Crippen LogP contribution >= 0.6 is 0 Å². The number of hydrogen-bond acceptors (Lipinski definition) is 4. The summed E-state index contributed by atoms with van der Waals surface area (Å²) in [6.45, 7) is 2.37. The van der Waals surface area contributed by atoms with E-state index in [1.807, 2.05) is 19.1 Å². The van der Waals surface area contributed by atoms with E-state index in [0.29, 0.717) is 17.9 Å². The summed E-state index contributed by atoms with van der Waals surface area (Å²) in [7, 11) is 0. The number of nitrogens with one attached hydrogen (secondary N) is 1. The molecule has 1 aromatic heterocycles. The normalized spacial score (nSPS) is 10.4. The van der Waals surface area contributed by atoms with Crippen LogP contribution in [0, 0.1) is 0 Å². The molecule has 0 radical (unpaired) electrons. The Hall–Kier alpha value is -2.69. The van der Waals surface area contributed by atoms with Gasteiger partial charge in [-0.3, -0.25) is 9.78 Å². The molecule has 0 aliphatic carbocycles. The molecule has 0 bridgehead atoms. The van der Waals surface area contributed by atoms with Crippen molar-refractivity contribution in [2.75, 3.05) is 6.61 Å². The second-order valence-corrected chi connectivity index (χ2v) is 3.91. The Bertz CT molecular complexity index is 597. The van der Waals surface area contributed by atoms with Crippen molar-refractivity contribution in [2.45, 2.75) is 6.92 Å². The van der Waals surface area contributed by atoms with E-state index >= 15 is 0 Å². The summed E-state index contributed by atoms with van der Waals surface area (Å²) >= 11 is 0. The van der Waals surface area contributed by atoms with Crippen LogP contribution < -0.4 is 10.2 Å². The maximum atomic E-state index is 12.0. The lowest BCUT2D eigenvalue weighted by Crippen LogP contribution is -2.18. The van der Waals surface area contributed by atoms with Crippen molar-refractivity contribution >= 4 is 12.1 Å². The first-order chi connectivity index (χ1) is 9.81. The average Bonchev–Trinajstić information content (AvgIpc) is 2.49. The lowest BCUT2D eigenvalue weighted by molar-refractivity contribution is 0.0951. The molecular weight excluding hydrogens is 254 g/mol. The Morgan fingerprint density at radius 1 is 1.35 bits per heavy atom. The lowest BCUT2D eigenvalue weighted by Gasteiger charge is -2.08. The number of carbonyl (C=O) groups is 1. The Morgan fingerprint density at radius 3 is 2.95 bits per heavy atom. The van der Waals surface area contributed by atoms with E-state index in [-0.39, 0.29) is 5.91 Å². The van der Waals surface area contributed by atoms with Gasteiger partial charge in [-0.1, -0.05) is 18.2 Å². The second kappa shape index (κ2) is 7.04. The highest BCUT2D eigenvalue weighted by molar-refractivity contribution is 5.97. The van der Waals surface area contributed by atoms with Crippen LogP contribution in [-0.2, 0) is 0 Å². The molecule has 0 unspecified atom stereocenters. The summed E-state index contributed by atoms with van der Waals surface area (Å²) in [6, 6.07) is 10.7. The molecular formula is C15H15N3O2. The standard InChI is InChI=1S/C15H15N3O2/c1-2-20-14-8-4-3-7-13(14)15(19)18-17-11-12-6-5-9-16-10-12/h3-11H,2H2,1H3,(H,18,19)/b17-11-. The zero-order chi connectivity index (χ0) is 14.2. The fourth-order valence-corrected chi connectivity index (χ4v) is 1.61. The number of aromatic nitrogens is 1. The Morgan fingerprint density at radius 2 is 2.20 bits per heavy atom. The average molecular weight is 269 g/mol. The molecule has 1 amide bonds. The van der Waals surface area contributed by atoms with Crippen LogP contribution in [0.4, 0.5) is 0 Å². The number of para-hydroxylation sites is 1. The Kier molecular flexibility index (Phi) is 4.83.